The topological polar surface area (TPSA) is 81.4 Å². The monoisotopic (exact) mass is 284 g/mol. The molecule has 0 saturated carbocycles. The first-order valence-corrected chi connectivity index (χ1v) is 7.67. The van der Waals surface area contributed by atoms with Gasteiger partial charge in [-0.25, -0.2) is 0 Å². The van der Waals surface area contributed by atoms with Crippen molar-refractivity contribution in [3.8, 4) is 6.07 Å². The van der Waals surface area contributed by atoms with Crippen molar-refractivity contribution in [2.24, 2.45) is 5.41 Å². The maximum Gasteiger partial charge on any atom is 0.311 e. The molecule has 0 aliphatic carbocycles. The van der Waals surface area contributed by atoms with E-state index in [1.807, 2.05) is 13.0 Å². The number of carboxylic acid groups (broad SMARTS) is 1. The summed E-state index contributed by atoms with van der Waals surface area (Å²) in [5.74, 6) is -0.299. The van der Waals surface area contributed by atoms with E-state index >= 15 is 0 Å². The summed E-state index contributed by atoms with van der Waals surface area (Å²) in [6.07, 6.45) is 2.79. The maximum atomic E-state index is 12.0. The highest BCUT2D eigenvalue weighted by Crippen LogP contribution is 2.35. The van der Waals surface area contributed by atoms with Crippen molar-refractivity contribution in [2.45, 2.75) is 32.6 Å². The number of hydrogen-bond acceptors (Lipinski definition) is 4. The maximum absolute atomic E-state index is 12.0. The molecule has 1 amide bonds. The Morgan fingerprint density at radius 2 is 2.26 bits per heavy atom. The Balaban J connectivity index is 2.64. The molecule has 0 bridgehead atoms. The number of nitrogens with zero attached hydrogens (tertiary/aromatic N) is 2. The largest absolute Gasteiger partial charge is 0.481 e. The first-order chi connectivity index (χ1) is 9.05. The number of carboxylic acids is 1. The van der Waals surface area contributed by atoms with Crippen molar-refractivity contribution in [3.05, 3.63) is 0 Å². The molecule has 0 spiro atoms. The highest BCUT2D eigenvalue weighted by Gasteiger charge is 2.42. The normalized spacial score (nSPS) is 22.8. The van der Waals surface area contributed by atoms with Crippen molar-refractivity contribution < 1.29 is 14.7 Å². The molecule has 1 fully saturated rings. The van der Waals surface area contributed by atoms with Gasteiger partial charge in [0.2, 0.25) is 5.91 Å². The van der Waals surface area contributed by atoms with Gasteiger partial charge in [0.05, 0.1) is 23.0 Å². The van der Waals surface area contributed by atoms with E-state index in [1.165, 1.54) is 11.8 Å². The molecule has 19 heavy (non-hydrogen) atoms. The van der Waals surface area contributed by atoms with E-state index in [9.17, 15) is 14.7 Å². The van der Waals surface area contributed by atoms with Gasteiger partial charge in [0.1, 0.15) is 0 Å². The smallest absolute Gasteiger partial charge is 0.311 e. The van der Waals surface area contributed by atoms with Crippen LogP contribution in [0, 0.1) is 16.7 Å². The summed E-state index contributed by atoms with van der Waals surface area (Å²) < 4.78 is 0. The average Bonchev–Trinajstić information content (AvgIpc) is 2.39. The fraction of sp³-hybridized carbons (Fsp3) is 0.769. The Morgan fingerprint density at radius 3 is 2.84 bits per heavy atom. The second-order valence-corrected chi connectivity index (χ2v) is 5.89. The molecule has 0 aromatic carbocycles. The van der Waals surface area contributed by atoms with Gasteiger partial charge in [-0.3, -0.25) is 9.59 Å². The van der Waals surface area contributed by atoms with Crippen LogP contribution in [0.15, 0.2) is 0 Å². The zero-order chi connectivity index (χ0) is 14.3. The summed E-state index contributed by atoms with van der Waals surface area (Å²) in [7, 11) is 0. The van der Waals surface area contributed by atoms with Crippen LogP contribution in [0.4, 0.5) is 0 Å². The molecule has 1 aliphatic rings. The van der Waals surface area contributed by atoms with Crippen molar-refractivity contribution in [2.75, 3.05) is 24.6 Å². The molecule has 1 aliphatic heterocycles. The summed E-state index contributed by atoms with van der Waals surface area (Å²) in [6, 6.07) is 1.98. The van der Waals surface area contributed by atoms with Gasteiger partial charge in [0.25, 0.3) is 0 Å². The summed E-state index contributed by atoms with van der Waals surface area (Å²) >= 11 is 1.28. The zero-order valence-corrected chi connectivity index (χ0v) is 12.0. The standard InChI is InChI=1S/C13H20N2O3S/c1-2-4-13(12(17)18)5-3-7-15(10-13)11(16)9-19-8-6-14/h2-5,7-10H2,1H3,(H,17,18). The van der Waals surface area contributed by atoms with Crippen molar-refractivity contribution in [3.63, 3.8) is 0 Å². The molecular weight excluding hydrogens is 264 g/mol. The molecule has 1 N–H and O–H groups in total. The molecule has 1 saturated heterocycles. The van der Waals surface area contributed by atoms with Crippen LogP contribution in [0.5, 0.6) is 0 Å². The molecule has 1 atom stereocenters. The fourth-order valence-electron chi connectivity index (χ4n) is 2.58. The molecule has 1 unspecified atom stereocenters. The van der Waals surface area contributed by atoms with Crippen molar-refractivity contribution in [1.82, 2.24) is 4.90 Å². The first kappa shape index (κ1) is 15.8. The van der Waals surface area contributed by atoms with Crippen LogP contribution in [0.1, 0.15) is 32.6 Å². The van der Waals surface area contributed by atoms with Crippen LogP contribution in [0.3, 0.4) is 0 Å². The van der Waals surface area contributed by atoms with E-state index in [4.69, 9.17) is 5.26 Å². The summed E-state index contributed by atoms with van der Waals surface area (Å²) in [5, 5.41) is 17.9. The van der Waals surface area contributed by atoms with Gasteiger partial charge in [-0.05, 0) is 19.3 Å². The Hall–Kier alpha value is -1.22. The number of aliphatic carboxylic acids is 1. The lowest BCUT2D eigenvalue weighted by atomic mass is 9.76. The van der Waals surface area contributed by atoms with Crippen LogP contribution < -0.4 is 0 Å². The Labute approximate surface area is 118 Å². The number of piperidine rings is 1. The Morgan fingerprint density at radius 1 is 1.53 bits per heavy atom. The number of carbonyl (C=O) groups excluding carboxylic acids is 1. The summed E-state index contributed by atoms with van der Waals surface area (Å²) in [6.45, 7) is 2.90. The zero-order valence-electron chi connectivity index (χ0n) is 11.2. The molecule has 5 nitrogen and oxygen atoms in total. The highest BCUT2D eigenvalue weighted by atomic mass is 32.2. The van der Waals surface area contributed by atoms with Gasteiger partial charge in [0.15, 0.2) is 0 Å². The lowest BCUT2D eigenvalue weighted by Crippen LogP contribution is -2.50. The molecule has 1 rings (SSSR count). The van der Waals surface area contributed by atoms with Crippen molar-refractivity contribution in [1.29, 1.82) is 5.26 Å². The Kier molecular flexibility index (Phi) is 6.16. The van der Waals surface area contributed by atoms with Gasteiger partial charge in [-0.15, -0.1) is 11.8 Å². The van der Waals surface area contributed by atoms with Gasteiger partial charge >= 0.3 is 5.97 Å². The number of carbonyl (C=O) groups is 2. The number of thioether (sulfide) groups is 1. The van der Waals surface area contributed by atoms with Gasteiger partial charge in [-0.1, -0.05) is 13.3 Å². The van der Waals surface area contributed by atoms with E-state index in [0.717, 1.165) is 12.8 Å². The summed E-state index contributed by atoms with van der Waals surface area (Å²) in [5.41, 5.74) is -0.775. The van der Waals surface area contributed by atoms with E-state index in [2.05, 4.69) is 0 Å². The molecule has 6 heteroatoms. The number of amides is 1. The molecular formula is C13H20N2O3S. The van der Waals surface area contributed by atoms with Gasteiger partial charge in [-0.2, -0.15) is 5.26 Å². The molecule has 0 radical (unpaired) electrons. The van der Waals surface area contributed by atoms with Gasteiger partial charge in [0, 0.05) is 13.1 Å². The minimum absolute atomic E-state index is 0.0540. The average molecular weight is 284 g/mol. The third-order valence-electron chi connectivity index (χ3n) is 3.50. The SMILES string of the molecule is CCCC1(C(=O)O)CCCN(C(=O)CSCC#N)C1. The van der Waals surface area contributed by atoms with Gasteiger partial charge < -0.3 is 10.0 Å². The highest BCUT2D eigenvalue weighted by molar-refractivity contribution is 8.00. The van der Waals surface area contributed by atoms with Crippen LogP contribution in [-0.4, -0.2) is 46.5 Å². The van der Waals surface area contributed by atoms with E-state index in [1.54, 1.807) is 4.90 Å². The first-order valence-electron chi connectivity index (χ1n) is 6.51. The summed E-state index contributed by atoms with van der Waals surface area (Å²) in [4.78, 5) is 25.1. The second-order valence-electron chi connectivity index (χ2n) is 4.91. The van der Waals surface area contributed by atoms with Crippen LogP contribution in [0.25, 0.3) is 0 Å². The number of nitriles is 1. The quantitative estimate of drug-likeness (QED) is 0.751. The predicted molar refractivity (Wildman–Crippen MR) is 73.7 cm³/mol. The van der Waals surface area contributed by atoms with Crippen LogP contribution >= 0.6 is 11.8 Å². The number of likely N-dealkylation sites (tertiary alicyclic amines) is 1. The molecule has 0 aromatic heterocycles. The molecule has 1 heterocycles. The molecule has 106 valence electrons. The molecule has 0 aromatic rings. The van der Waals surface area contributed by atoms with E-state index in [-0.39, 0.29) is 11.7 Å². The predicted octanol–water partition coefficient (Wildman–Crippen LogP) is 1.74. The third kappa shape index (κ3) is 4.13. The minimum Gasteiger partial charge on any atom is -0.481 e. The number of hydrogen-bond donors (Lipinski definition) is 1. The fourth-order valence-corrected chi connectivity index (χ4v) is 3.13. The second kappa shape index (κ2) is 7.39. The lowest BCUT2D eigenvalue weighted by Gasteiger charge is -2.40. The van der Waals surface area contributed by atoms with E-state index in [0.29, 0.717) is 31.7 Å². The minimum atomic E-state index is -0.795. The van der Waals surface area contributed by atoms with E-state index < -0.39 is 11.4 Å². The van der Waals surface area contributed by atoms with Crippen LogP contribution in [-0.2, 0) is 9.59 Å². The Bertz CT molecular complexity index is 377. The number of rotatable bonds is 6. The lowest BCUT2D eigenvalue weighted by molar-refractivity contribution is -0.155. The third-order valence-corrected chi connectivity index (χ3v) is 4.29. The van der Waals surface area contributed by atoms with Crippen LogP contribution in [0.2, 0.25) is 0 Å². The van der Waals surface area contributed by atoms with Crippen molar-refractivity contribution >= 4 is 23.6 Å².